The molecule has 5 nitrogen and oxygen atoms in total. The molecule has 0 aliphatic carbocycles. The van der Waals surface area contributed by atoms with Gasteiger partial charge in [0.05, 0.1) is 6.54 Å². The lowest BCUT2D eigenvalue weighted by molar-refractivity contribution is -0.137. The lowest BCUT2D eigenvalue weighted by Gasteiger charge is -2.29. The number of carboxylic acids is 1. The van der Waals surface area contributed by atoms with E-state index in [2.05, 4.69) is 16.7 Å². The molecule has 1 N–H and O–H groups in total. The van der Waals surface area contributed by atoms with Gasteiger partial charge in [-0.1, -0.05) is 30.3 Å². The minimum absolute atomic E-state index is 0.0737. The van der Waals surface area contributed by atoms with Crippen LogP contribution in [0.4, 0.5) is 4.39 Å². The van der Waals surface area contributed by atoms with Crippen molar-refractivity contribution in [3.63, 3.8) is 0 Å². The fourth-order valence-electron chi connectivity index (χ4n) is 4.27. The third kappa shape index (κ3) is 4.22. The van der Waals surface area contributed by atoms with Crippen molar-refractivity contribution in [2.75, 3.05) is 6.54 Å². The Bertz CT molecular complexity index is 1070. The first kappa shape index (κ1) is 20.1. The number of hydrogen-bond acceptors (Lipinski definition) is 2. The number of carboxylic acid groups (broad SMARTS) is 1. The van der Waals surface area contributed by atoms with Crippen molar-refractivity contribution in [3.8, 4) is 0 Å². The molecule has 2 aromatic carbocycles. The highest BCUT2D eigenvalue weighted by molar-refractivity contribution is 5.86. The van der Waals surface area contributed by atoms with Crippen LogP contribution in [-0.2, 0) is 29.1 Å². The zero-order valence-corrected chi connectivity index (χ0v) is 16.8. The average Bonchev–Trinajstić information content (AvgIpc) is 3.06. The van der Waals surface area contributed by atoms with E-state index in [9.17, 15) is 14.0 Å². The van der Waals surface area contributed by atoms with Crippen molar-refractivity contribution in [2.24, 2.45) is 0 Å². The molecule has 0 radical (unpaired) electrons. The molecule has 0 fully saturated rings. The molecule has 4 rings (SSSR count). The first-order valence-corrected chi connectivity index (χ1v) is 10.4. The number of carbonyl (C=O) groups is 2. The predicted octanol–water partition coefficient (Wildman–Crippen LogP) is 4.36. The number of para-hydroxylation sites is 1. The van der Waals surface area contributed by atoms with Crippen LogP contribution >= 0.6 is 0 Å². The van der Waals surface area contributed by atoms with E-state index in [1.165, 1.54) is 23.1 Å². The summed E-state index contributed by atoms with van der Waals surface area (Å²) in [6.07, 6.45) is 2.38. The van der Waals surface area contributed by atoms with Crippen molar-refractivity contribution >= 4 is 22.8 Å². The summed E-state index contributed by atoms with van der Waals surface area (Å²) in [7, 11) is 0. The fraction of sp³-hybridized carbons (Fsp3) is 0.333. The monoisotopic (exact) mass is 408 g/mol. The SMILES string of the molecule is O=C(O)CCCCC(=O)N1CCc2c(n(Cc3ccc(F)cc3)c3ccccc23)C1. The molecule has 0 saturated heterocycles. The minimum atomic E-state index is -0.824. The second-order valence-electron chi connectivity index (χ2n) is 7.82. The first-order chi connectivity index (χ1) is 14.5. The van der Waals surface area contributed by atoms with Crippen LogP contribution in [0.25, 0.3) is 10.9 Å². The number of hydrogen-bond donors (Lipinski definition) is 1. The van der Waals surface area contributed by atoms with Crippen LogP contribution in [0.1, 0.15) is 42.5 Å². The molecule has 2 heterocycles. The van der Waals surface area contributed by atoms with E-state index < -0.39 is 5.97 Å². The minimum Gasteiger partial charge on any atom is -0.481 e. The van der Waals surface area contributed by atoms with Crippen molar-refractivity contribution in [3.05, 3.63) is 71.2 Å². The van der Waals surface area contributed by atoms with Gasteiger partial charge in [-0.2, -0.15) is 0 Å². The van der Waals surface area contributed by atoms with Gasteiger partial charge >= 0.3 is 5.97 Å². The standard InChI is InChI=1S/C24H25FN2O3/c25-18-11-9-17(10-12-18)15-27-21-6-2-1-5-19(21)20-13-14-26(16-22(20)27)23(28)7-3-4-8-24(29)30/h1-2,5-6,9-12H,3-4,7-8,13-16H2,(H,29,30). The van der Waals surface area contributed by atoms with Gasteiger partial charge in [-0.05, 0) is 48.6 Å². The van der Waals surface area contributed by atoms with Gasteiger partial charge in [-0.25, -0.2) is 4.39 Å². The quantitative estimate of drug-likeness (QED) is 0.591. The number of carbonyl (C=O) groups excluding carboxylic acids is 1. The number of aromatic nitrogens is 1. The molecule has 1 aliphatic heterocycles. The molecule has 0 spiro atoms. The van der Waals surface area contributed by atoms with E-state index in [-0.39, 0.29) is 18.1 Å². The number of unbranched alkanes of at least 4 members (excludes halogenated alkanes) is 1. The van der Waals surface area contributed by atoms with Crippen LogP contribution in [0.2, 0.25) is 0 Å². The Balaban J connectivity index is 1.57. The molecule has 3 aromatic rings. The Morgan fingerprint density at radius 1 is 1.00 bits per heavy atom. The smallest absolute Gasteiger partial charge is 0.303 e. The summed E-state index contributed by atoms with van der Waals surface area (Å²) >= 11 is 0. The number of nitrogens with zero attached hydrogens (tertiary/aromatic N) is 2. The van der Waals surface area contributed by atoms with E-state index in [0.29, 0.717) is 38.9 Å². The first-order valence-electron chi connectivity index (χ1n) is 10.4. The molecule has 0 saturated carbocycles. The summed E-state index contributed by atoms with van der Waals surface area (Å²) in [6.45, 7) is 1.84. The summed E-state index contributed by atoms with van der Waals surface area (Å²) in [5.74, 6) is -1.00. The van der Waals surface area contributed by atoms with Gasteiger partial charge in [0, 0.05) is 42.5 Å². The van der Waals surface area contributed by atoms with Crippen molar-refractivity contribution in [1.82, 2.24) is 9.47 Å². The zero-order chi connectivity index (χ0) is 21.1. The second kappa shape index (κ2) is 8.69. The lowest BCUT2D eigenvalue weighted by Crippen LogP contribution is -2.36. The summed E-state index contributed by atoms with van der Waals surface area (Å²) in [6, 6.07) is 14.8. The fourth-order valence-corrected chi connectivity index (χ4v) is 4.27. The molecule has 0 unspecified atom stereocenters. The number of halogens is 1. The van der Waals surface area contributed by atoms with E-state index >= 15 is 0 Å². The largest absolute Gasteiger partial charge is 0.481 e. The maximum Gasteiger partial charge on any atom is 0.303 e. The van der Waals surface area contributed by atoms with Crippen LogP contribution in [0, 0.1) is 5.82 Å². The predicted molar refractivity (Wildman–Crippen MR) is 113 cm³/mol. The number of fused-ring (bicyclic) bond motifs is 3. The molecule has 0 bridgehead atoms. The number of aliphatic carboxylic acids is 1. The van der Waals surface area contributed by atoms with Crippen LogP contribution in [0.15, 0.2) is 48.5 Å². The van der Waals surface area contributed by atoms with E-state index in [4.69, 9.17) is 5.11 Å². The average molecular weight is 408 g/mol. The van der Waals surface area contributed by atoms with Crippen LogP contribution in [-0.4, -0.2) is 33.0 Å². The van der Waals surface area contributed by atoms with Gasteiger partial charge in [-0.15, -0.1) is 0 Å². The lowest BCUT2D eigenvalue weighted by atomic mass is 10.0. The Labute approximate surface area is 174 Å². The molecular weight excluding hydrogens is 383 g/mol. The Kier molecular flexibility index (Phi) is 5.84. The highest BCUT2D eigenvalue weighted by Gasteiger charge is 2.26. The molecule has 0 atom stereocenters. The van der Waals surface area contributed by atoms with Crippen LogP contribution in [0.5, 0.6) is 0 Å². The van der Waals surface area contributed by atoms with Crippen LogP contribution in [0.3, 0.4) is 0 Å². The normalized spacial score (nSPS) is 13.4. The zero-order valence-electron chi connectivity index (χ0n) is 16.8. The maximum atomic E-state index is 13.3. The van der Waals surface area contributed by atoms with Gasteiger partial charge in [-0.3, -0.25) is 9.59 Å². The van der Waals surface area contributed by atoms with Gasteiger partial charge in [0.15, 0.2) is 0 Å². The Morgan fingerprint density at radius 3 is 2.50 bits per heavy atom. The third-order valence-corrected chi connectivity index (χ3v) is 5.80. The number of rotatable bonds is 7. The number of benzene rings is 2. The highest BCUT2D eigenvalue weighted by Crippen LogP contribution is 2.32. The van der Waals surface area contributed by atoms with Gasteiger partial charge in [0.25, 0.3) is 0 Å². The number of amides is 1. The molecule has 6 heteroatoms. The van der Waals surface area contributed by atoms with E-state index in [0.717, 1.165) is 23.2 Å². The van der Waals surface area contributed by atoms with Gasteiger partial charge in [0.2, 0.25) is 5.91 Å². The van der Waals surface area contributed by atoms with Gasteiger partial charge in [0.1, 0.15) is 5.82 Å². The van der Waals surface area contributed by atoms with E-state index in [1.54, 1.807) is 12.1 Å². The molecule has 30 heavy (non-hydrogen) atoms. The topological polar surface area (TPSA) is 62.5 Å². The summed E-state index contributed by atoms with van der Waals surface area (Å²) in [5.41, 5.74) is 4.55. The Hall–Kier alpha value is -3.15. The molecule has 1 aromatic heterocycles. The maximum absolute atomic E-state index is 13.3. The molecule has 156 valence electrons. The molecule has 1 aliphatic rings. The van der Waals surface area contributed by atoms with Gasteiger partial charge < -0.3 is 14.6 Å². The van der Waals surface area contributed by atoms with Crippen molar-refractivity contribution in [1.29, 1.82) is 0 Å². The summed E-state index contributed by atoms with van der Waals surface area (Å²) < 4.78 is 15.6. The van der Waals surface area contributed by atoms with Crippen molar-refractivity contribution < 1.29 is 19.1 Å². The highest BCUT2D eigenvalue weighted by atomic mass is 19.1. The molecular formula is C24H25FN2O3. The molecule has 1 amide bonds. The summed E-state index contributed by atoms with van der Waals surface area (Å²) in [5, 5.41) is 9.96. The third-order valence-electron chi connectivity index (χ3n) is 5.80. The van der Waals surface area contributed by atoms with Crippen LogP contribution < -0.4 is 0 Å². The van der Waals surface area contributed by atoms with E-state index in [1.807, 2.05) is 17.0 Å². The van der Waals surface area contributed by atoms with Crippen molar-refractivity contribution in [2.45, 2.75) is 45.2 Å². The second-order valence-corrected chi connectivity index (χ2v) is 7.82. The summed E-state index contributed by atoms with van der Waals surface area (Å²) in [4.78, 5) is 25.2. The Morgan fingerprint density at radius 2 is 1.73 bits per heavy atom.